The number of methoxy groups -OCH3 is 1. The Morgan fingerprint density at radius 3 is 2.69 bits per heavy atom. The van der Waals surface area contributed by atoms with Gasteiger partial charge in [-0.25, -0.2) is 23.2 Å². The first-order chi connectivity index (χ1) is 13.7. The summed E-state index contributed by atoms with van der Waals surface area (Å²) in [6, 6.07) is 7.56. The molecule has 0 fully saturated rings. The topological polar surface area (TPSA) is 110 Å². The third kappa shape index (κ3) is 4.84. The van der Waals surface area contributed by atoms with Gasteiger partial charge in [-0.3, -0.25) is 5.32 Å². The molecule has 152 valence electrons. The normalized spacial score (nSPS) is 11.2. The summed E-state index contributed by atoms with van der Waals surface area (Å²) in [7, 11) is -2.02. The number of rotatable bonds is 5. The number of carbonyl (C=O) groups is 1. The molecule has 0 radical (unpaired) electrons. The van der Waals surface area contributed by atoms with Crippen molar-refractivity contribution in [3.05, 3.63) is 47.2 Å². The van der Waals surface area contributed by atoms with E-state index in [9.17, 15) is 13.2 Å². The maximum absolute atomic E-state index is 12.3. The lowest BCUT2D eigenvalue weighted by Crippen LogP contribution is -2.19. The Hall–Kier alpha value is -2.69. The highest BCUT2D eigenvalue weighted by Crippen LogP contribution is 2.35. The highest BCUT2D eigenvalue weighted by Gasteiger charge is 2.17. The molecular formula is C18H17ClN4O4S2. The minimum absolute atomic E-state index is 0.0420. The number of aromatic nitrogens is 2. The fraction of sp³-hybridized carbons (Fsp3) is 0.167. The standard InChI is InChI=1S/C18H17ClN4O4S2/c1-10-15(11-6-7-12(19)14(9-11)29(3,25)26)28-18(21-10)23-17(24)22-13-5-4-8-20-16(13)27-2/h4-9H,1-3H3,(H2,21,22,23,24). The number of sulfone groups is 1. The number of nitrogens with zero attached hydrogens (tertiary/aromatic N) is 2. The van der Waals surface area contributed by atoms with Crippen LogP contribution in [0.25, 0.3) is 10.4 Å². The monoisotopic (exact) mass is 452 g/mol. The fourth-order valence-electron chi connectivity index (χ4n) is 2.55. The summed E-state index contributed by atoms with van der Waals surface area (Å²) >= 11 is 7.23. The summed E-state index contributed by atoms with van der Waals surface area (Å²) in [6.45, 7) is 1.77. The number of benzene rings is 1. The minimum atomic E-state index is -3.48. The average Bonchev–Trinajstić information content (AvgIpc) is 3.01. The van der Waals surface area contributed by atoms with Crippen LogP contribution in [-0.4, -0.2) is 37.8 Å². The molecule has 0 saturated carbocycles. The molecule has 0 spiro atoms. The van der Waals surface area contributed by atoms with Crippen molar-refractivity contribution in [2.45, 2.75) is 11.8 Å². The molecule has 0 aliphatic carbocycles. The Bertz CT molecular complexity index is 1180. The maximum atomic E-state index is 12.3. The van der Waals surface area contributed by atoms with Crippen molar-refractivity contribution in [1.82, 2.24) is 9.97 Å². The van der Waals surface area contributed by atoms with Crippen LogP contribution in [0.4, 0.5) is 15.6 Å². The molecule has 29 heavy (non-hydrogen) atoms. The van der Waals surface area contributed by atoms with E-state index in [0.29, 0.717) is 22.1 Å². The van der Waals surface area contributed by atoms with Gasteiger partial charge in [0.15, 0.2) is 15.0 Å². The number of aryl methyl sites for hydroxylation is 1. The summed E-state index contributed by atoms with van der Waals surface area (Å²) in [5.74, 6) is 0.285. The van der Waals surface area contributed by atoms with Crippen LogP contribution in [0.3, 0.4) is 0 Å². The average molecular weight is 453 g/mol. The zero-order valence-corrected chi connectivity index (χ0v) is 18.1. The Labute approximate surface area is 176 Å². The first-order valence-electron chi connectivity index (χ1n) is 8.23. The van der Waals surface area contributed by atoms with E-state index in [-0.39, 0.29) is 15.8 Å². The number of hydrogen-bond donors (Lipinski definition) is 2. The quantitative estimate of drug-likeness (QED) is 0.599. The maximum Gasteiger partial charge on any atom is 0.325 e. The van der Waals surface area contributed by atoms with Crippen molar-refractivity contribution < 1.29 is 17.9 Å². The van der Waals surface area contributed by atoms with Crippen LogP contribution in [0.15, 0.2) is 41.4 Å². The van der Waals surface area contributed by atoms with Crippen LogP contribution in [-0.2, 0) is 9.84 Å². The van der Waals surface area contributed by atoms with Crippen molar-refractivity contribution in [2.24, 2.45) is 0 Å². The molecule has 1 aromatic carbocycles. The Balaban J connectivity index is 1.83. The number of ether oxygens (including phenoxy) is 1. The van der Waals surface area contributed by atoms with Crippen molar-refractivity contribution in [2.75, 3.05) is 24.0 Å². The smallest absolute Gasteiger partial charge is 0.325 e. The largest absolute Gasteiger partial charge is 0.480 e. The second kappa shape index (κ2) is 8.36. The summed E-state index contributed by atoms with van der Waals surface area (Å²) < 4.78 is 28.9. The molecule has 2 heterocycles. The molecule has 8 nitrogen and oxygen atoms in total. The van der Waals surface area contributed by atoms with Gasteiger partial charge in [0.05, 0.1) is 27.6 Å². The third-order valence-corrected chi connectivity index (χ3v) is 6.52. The Kier molecular flexibility index (Phi) is 6.06. The number of carbonyl (C=O) groups excluding carboxylic acids is 1. The second-order valence-electron chi connectivity index (χ2n) is 5.99. The Morgan fingerprint density at radius 2 is 2.00 bits per heavy atom. The van der Waals surface area contributed by atoms with E-state index in [1.165, 1.54) is 30.6 Å². The minimum Gasteiger partial charge on any atom is -0.480 e. The van der Waals surface area contributed by atoms with E-state index in [2.05, 4.69) is 20.6 Å². The number of thiazole rings is 1. The predicted molar refractivity (Wildman–Crippen MR) is 114 cm³/mol. The predicted octanol–water partition coefficient (Wildman–Crippen LogP) is 4.22. The number of urea groups is 1. The van der Waals surface area contributed by atoms with E-state index in [4.69, 9.17) is 16.3 Å². The van der Waals surface area contributed by atoms with E-state index in [1.54, 1.807) is 31.3 Å². The molecule has 2 N–H and O–H groups in total. The van der Waals surface area contributed by atoms with Crippen LogP contribution in [0.2, 0.25) is 5.02 Å². The van der Waals surface area contributed by atoms with Gasteiger partial charge in [-0.1, -0.05) is 29.0 Å². The molecule has 11 heteroatoms. The lowest BCUT2D eigenvalue weighted by Gasteiger charge is -2.08. The van der Waals surface area contributed by atoms with Gasteiger partial charge in [0.1, 0.15) is 5.69 Å². The van der Waals surface area contributed by atoms with Crippen molar-refractivity contribution >= 4 is 49.6 Å². The van der Waals surface area contributed by atoms with Gasteiger partial charge >= 0.3 is 6.03 Å². The van der Waals surface area contributed by atoms with Crippen LogP contribution >= 0.6 is 22.9 Å². The van der Waals surface area contributed by atoms with E-state index >= 15 is 0 Å². The van der Waals surface area contributed by atoms with Gasteiger partial charge in [0, 0.05) is 12.5 Å². The van der Waals surface area contributed by atoms with Gasteiger partial charge in [0.25, 0.3) is 0 Å². The summed E-state index contributed by atoms with van der Waals surface area (Å²) in [6.07, 6.45) is 2.65. The highest BCUT2D eigenvalue weighted by atomic mass is 35.5. The molecule has 0 unspecified atom stereocenters. The third-order valence-electron chi connectivity index (χ3n) is 3.82. The number of pyridine rings is 1. The number of amides is 2. The van der Waals surface area contributed by atoms with Gasteiger partial charge < -0.3 is 10.1 Å². The molecular weight excluding hydrogens is 436 g/mol. The zero-order chi connectivity index (χ0) is 21.2. The van der Waals surface area contributed by atoms with Gasteiger partial charge in [-0.15, -0.1) is 0 Å². The summed E-state index contributed by atoms with van der Waals surface area (Å²) in [5, 5.41) is 5.82. The number of hydrogen-bond acceptors (Lipinski definition) is 7. The Morgan fingerprint density at radius 1 is 1.24 bits per heavy atom. The molecule has 0 atom stereocenters. The van der Waals surface area contributed by atoms with Gasteiger partial charge in [0.2, 0.25) is 5.88 Å². The summed E-state index contributed by atoms with van der Waals surface area (Å²) in [4.78, 5) is 21.4. The first-order valence-corrected chi connectivity index (χ1v) is 11.3. The molecule has 0 bridgehead atoms. The van der Waals surface area contributed by atoms with E-state index in [1.807, 2.05) is 0 Å². The number of halogens is 1. The first kappa shape index (κ1) is 21.0. The number of anilines is 2. The van der Waals surface area contributed by atoms with Gasteiger partial charge in [-0.05, 0) is 36.8 Å². The molecule has 0 aliphatic heterocycles. The molecule has 3 aromatic rings. The molecule has 2 aromatic heterocycles. The lowest BCUT2D eigenvalue weighted by atomic mass is 10.2. The summed E-state index contributed by atoms with van der Waals surface area (Å²) in [5.41, 5.74) is 1.70. The molecule has 2 amide bonds. The van der Waals surface area contributed by atoms with Crippen LogP contribution in [0, 0.1) is 6.92 Å². The molecule has 0 aliphatic rings. The lowest BCUT2D eigenvalue weighted by molar-refractivity contribution is 0.262. The molecule has 3 rings (SSSR count). The van der Waals surface area contributed by atoms with Gasteiger partial charge in [-0.2, -0.15) is 0 Å². The zero-order valence-electron chi connectivity index (χ0n) is 15.7. The molecule has 0 saturated heterocycles. The number of nitrogens with one attached hydrogen (secondary N) is 2. The van der Waals surface area contributed by atoms with E-state index < -0.39 is 15.9 Å². The van der Waals surface area contributed by atoms with E-state index in [0.717, 1.165) is 11.1 Å². The highest BCUT2D eigenvalue weighted by molar-refractivity contribution is 7.90. The van der Waals surface area contributed by atoms with Crippen molar-refractivity contribution in [1.29, 1.82) is 0 Å². The fourth-order valence-corrected chi connectivity index (χ4v) is 4.80. The van der Waals surface area contributed by atoms with Crippen LogP contribution in [0.1, 0.15) is 5.69 Å². The van der Waals surface area contributed by atoms with Crippen LogP contribution < -0.4 is 15.4 Å². The van der Waals surface area contributed by atoms with Crippen molar-refractivity contribution in [3.63, 3.8) is 0 Å². The van der Waals surface area contributed by atoms with Crippen LogP contribution in [0.5, 0.6) is 5.88 Å². The SMILES string of the molecule is COc1ncccc1NC(=O)Nc1nc(C)c(-c2ccc(Cl)c(S(C)(=O)=O)c2)s1. The van der Waals surface area contributed by atoms with Crippen molar-refractivity contribution in [3.8, 4) is 16.3 Å². The second-order valence-corrected chi connectivity index (χ2v) is 9.38.